The molecular formula is C21H24N2O3. The summed E-state index contributed by atoms with van der Waals surface area (Å²) in [5.41, 5.74) is 0.666. The van der Waals surface area contributed by atoms with Gasteiger partial charge in [-0.3, -0.25) is 4.79 Å². The first-order chi connectivity index (χ1) is 12.7. The van der Waals surface area contributed by atoms with Gasteiger partial charge in [0.1, 0.15) is 17.2 Å². The highest BCUT2D eigenvalue weighted by molar-refractivity contribution is 5.94. The number of hydrogen-bond donors (Lipinski definition) is 1. The number of nitrogens with zero attached hydrogens (tertiary/aromatic N) is 1. The number of amides is 1. The van der Waals surface area contributed by atoms with Crippen LogP contribution in [-0.2, 0) is 0 Å². The van der Waals surface area contributed by atoms with Crippen LogP contribution in [0.4, 0.5) is 0 Å². The number of fused-ring (bicyclic) bond motifs is 3. The van der Waals surface area contributed by atoms with Gasteiger partial charge in [-0.25, -0.2) is 0 Å². The monoisotopic (exact) mass is 352 g/mol. The van der Waals surface area contributed by atoms with Crippen molar-refractivity contribution in [1.29, 1.82) is 0 Å². The molecule has 3 fully saturated rings. The molecule has 1 unspecified atom stereocenters. The van der Waals surface area contributed by atoms with Gasteiger partial charge in [-0.15, -0.1) is 0 Å². The molecule has 5 nitrogen and oxygen atoms in total. The summed E-state index contributed by atoms with van der Waals surface area (Å²) in [6.45, 7) is 3.33. The molecule has 3 aliphatic rings. The normalized spacial score (nSPS) is 24.1. The third-order valence-corrected chi connectivity index (χ3v) is 5.37. The van der Waals surface area contributed by atoms with Crippen molar-refractivity contribution >= 4 is 5.91 Å². The summed E-state index contributed by atoms with van der Waals surface area (Å²) in [6, 6.07) is 15.0. The van der Waals surface area contributed by atoms with Crippen molar-refractivity contribution in [3.63, 3.8) is 0 Å². The molecule has 2 bridgehead atoms. The molecule has 1 N–H and O–H groups in total. The molecule has 3 heterocycles. The van der Waals surface area contributed by atoms with Gasteiger partial charge in [-0.1, -0.05) is 6.07 Å². The molecule has 26 heavy (non-hydrogen) atoms. The molecule has 0 aromatic heterocycles. The van der Waals surface area contributed by atoms with Crippen LogP contribution in [0, 0.1) is 5.92 Å². The Kier molecular flexibility index (Phi) is 4.80. The first-order valence-electron chi connectivity index (χ1n) is 9.16. The first kappa shape index (κ1) is 16.9. The number of carbonyl (C=O) groups is 1. The first-order valence-corrected chi connectivity index (χ1v) is 9.16. The standard InChI is InChI=1S/C21H24N2O3/c1-25-18-3-2-4-19(13-18)26-17-7-5-16(6-8-17)21(24)22-20-14-23-11-9-15(20)10-12-23/h2-8,13,15,20H,9-12,14H2,1H3,(H,22,24). The molecule has 5 rings (SSSR count). The van der Waals surface area contributed by atoms with Crippen molar-refractivity contribution in [3.8, 4) is 17.2 Å². The second-order valence-electron chi connectivity index (χ2n) is 7.02. The van der Waals surface area contributed by atoms with E-state index in [1.165, 1.54) is 25.9 Å². The third kappa shape index (κ3) is 3.68. The molecule has 0 spiro atoms. The predicted octanol–water partition coefficient (Wildman–Crippen LogP) is 3.31. The zero-order chi connectivity index (χ0) is 17.9. The van der Waals surface area contributed by atoms with Crippen molar-refractivity contribution in [2.24, 2.45) is 5.92 Å². The molecule has 3 aliphatic heterocycles. The van der Waals surface area contributed by atoms with Gasteiger partial charge in [0.25, 0.3) is 5.91 Å². The van der Waals surface area contributed by atoms with Crippen LogP contribution in [0.1, 0.15) is 23.2 Å². The summed E-state index contributed by atoms with van der Waals surface area (Å²) in [5.74, 6) is 2.76. The maximum atomic E-state index is 12.6. The van der Waals surface area contributed by atoms with Crippen molar-refractivity contribution in [2.75, 3.05) is 26.7 Å². The van der Waals surface area contributed by atoms with Crippen molar-refractivity contribution < 1.29 is 14.3 Å². The molecule has 2 aromatic rings. The van der Waals surface area contributed by atoms with Crippen molar-refractivity contribution in [2.45, 2.75) is 18.9 Å². The Morgan fingerprint density at radius 2 is 1.77 bits per heavy atom. The van der Waals surface area contributed by atoms with E-state index in [-0.39, 0.29) is 11.9 Å². The summed E-state index contributed by atoms with van der Waals surface area (Å²) in [6.07, 6.45) is 2.39. The fraction of sp³-hybridized carbons (Fsp3) is 0.381. The van der Waals surface area contributed by atoms with Crippen LogP contribution in [0.25, 0.3) is 0 Å². The van der Waals surface area contributed by atoms with E-state index in [0.717, 1.165) is 12.3 Å². The van der Waals surface area contributed by atoms with Gasteiger partial charge >= 0.3 is 0 Å². The van der Waals surface area contributed by atoms with Crippen LogP contribution in [0.15, 0.2) is 48.5 Å². The topological polar surface area (TPSA) is 50.8 Å². The number of methoxy groups -OCH3 is 1. The zero-order valence-electron chi connectivity index (χ0n) is 15.0. The molecule has 0 aliphatic carbocycles. The average Bonchev–Trinajstić information content (AvgIpc) is 2.69. The molecule has 0 saturated carbocycles. The fourth-order valence-electron chi connectivity index (χ4n) is 3.86. The Labute approximate surface area is 153 Å². The Balaban J connectivity index is 1.38. The van der Waals surface area contributed by atoms with E-state index in [1.807, 2.05) is 48.5 Å². The lowest BCUT2D eigenvalue weighted by Gasteiger charge is -2.44. The SMILES string of the molecule is COc1cccc(Oc2ccc(C(=O)NC3CN4CCC3CC4)cc2)c1. The second kappa shape index (κ2) is 7.38. The number of carbonyl (C=O) groups excluding carboxylic acids is 1. The second-order valence-corrected chi connectivity index (χ2v) is 7.02. The quantitative estimate of drug-likeness (QED) is 0.897. The lowest BCUT2D eigenvalue weighted by atomic mass is 9.84. The number of ether oxygens (including phenoxy) is 2. The number of nitrogens with one attached hydrogen (secondary N) is 1. The van der Waals surface area contributed by atoms with Crippen molar-refractivity contribution in [3.05, 3.63) is 54.1 Å². The lowest BCUT2D eigenvalue weighted by molar-refractivity contribution is 0.0620. The summed E-state index contributed by atoms with van der Waals surface area (Å²) >= 11 is 0. The molecule has 136 valence electrons. The van der Waals surface area contributed by atoms with Crippen molar-refractivity contribution in [1.82, 2.24) is 10.2 Å². The maximum Gasteiger partial charge on any atom is 0.251 e. The van der Waals surface area contributed by atoms with Crippen LogP contribution >= 0.6 is 0 Å². The number of rotatable bonds is 5. The van der Waals surface area contributed by atoms with Gasteiger partial charge < -0.3 is 19.7 Å². The molecule has 1 atom stereocenters. The Hall–Kier alpha value is -2.53. The minimum Gasteiger partial charge on any atom is -0.497 e. The molecule has 1 amide bonds. The van der Waals surface area contributed by atoms with Gasteiger partial charge in [0.05, 0.1) is 7.11 Å². The highest BCUT2D eigenvalue weighted by Crippen LogP contribution is 2.28. The summed E-state index contributed by atoms with van der Waals surface area (Å²) in [5, 5.41) is 3.21. The van der Waals surface area contributed by atoms with Gasteiger partial charge in [0, 0.05) is 24.2 Å². The molecule has 0 radical (unpaired) electrons. The number of piperidine rings is 3. The summed E-state index contributed by atoms with van der Waals surface area (Å²) in [7, 11) is 1.63. The van der Waals surface area contributed by atoms with Crippen LogP contribution in [0.3, 0.4) is 0 Å². The van der Waals surface area contributed by atoms with Crippen LogP contribution in [0.2, 0.25) is 0 Å². The van der Waals surface area contributed by atoms with E-state index in [4.69, 9.17) is 9.47 Å². The smallest absolute Gasteiger partial charge is 0.251 e. The van der Waals surface area contributed by atoms with Gasteiger partial charge in [-0.2, -0.15) is 0 Å². The minimum atomic E-state index is -0.00307. The van der Waals surface area contributed by atoms with Crippen LogP contribution in [0.5, 0.6) is 17.2 Å². The Bertz CT molecular complexity index is 767. The van der Waals surface area contributed by atoms with E-state index in [0.29, 0.717) is 23.0 Å². The minimum absolute atomic E-state index is 0.00307. The average molecular weight is 352 g/mol. The molecular weight excluding hydrogens is 328 g/mol. The molecule has 3 saturated heterocycles. The molecule has 5 heteroatoms. The van der Waals surface area contributed by atoms with Crippen LogP contribution < -0.4 is 14.8 Å². The van der Waals surface area contributed by atoms with Gasteiger partial charge in [0.2, 0.25) is 0 Å². The Morgan fingerprint density at radius 1 is 1.04 bits per heavy atom. The lowest BCUT2D eigenvalue weighted by Crippen LogP contribution is -2.57. The van der Waals surface area contributed by atoms with Gasteiger partial charge in [-0.05, 0) is 68.2 Å². The highest BCUT2D eigenvalue weighted by Gasteiger charge is 2.34. The molecule has 2 aromatic carbocycles. The summed E-state index contributed by atoms with van der Waals surface area (Å²) < 4.78 is 11.0. The number of benzene rings is 2. The fourth-order valence-corrected chi connectivity index (χ4v) is 3.86. The van der Waals surface area contributed by atoms with E-state index >= 15 is 0 Å². The predicted molar refractivity (Wildman–Crippen MR) is 99.9 cm³/mol. The number of hydrogen-bond acceptors (Lipinski definition) is 4. The largest absolute Gasteiger partial charge is 0.497 e. The van der Waals surface area contributed by atoms with E-state index in [1.54, 1.807) is 7.11 Å². The highest BCUT2D eigenvalue weighted by atomic mass is 16.5. The zero-order valence-corrected chi connectivity index (χ0v) is 15.0. The van der Waals surface area contributed by atoms with E-state index < -0.39 is 0 Å². The third-order valence-electron chi connectivity index (χ3n) is 5.37. The van der Waals surface area contributed by atoms with E-state index in [2.05, 4.69) is 10.2 Å². The maximum absolute atomic E-state index is 12.6. The van der Waals surface area contributed by atoms with Crippen LogP contribution in [-0.4, -0.2) is 43.6 Å². The Morgan fingerprint density at radius 3 is 2.42 bits per heavy atom. The van der Waals surface area contributed by atoms with E-state index in [9.17, 15) is 4.79 Å². The van der Waals surface area contributed by atoms with Gasteiger partial charge in [0.15, 0.2) is 0 Å². The summed E-state index contributed by atoms with van der Waals surface area (Å²) in [4.78, 5) is 15.0.